The highest BCUT2D eigenvalue weighted by Crippen LogP contribution is 2.60. The minimum Gasteiger partial charge on any atom is -0.295 e. The van der Waals surface area contributed by atoms with E-state index < -0.39 is 0 Å². The third-order valence-electron chi connectivity index (χ3n) is 5.06. The van der Waals surface area contributed by atoms with E-state index in [1.165, 1.54) is 45.1 Å². The van der Waals surface area contributed by atoms with Crippen molar-refractivity contribution >= 4 is 0 Å². The largest absolute Gasteiger partial charge is 0.295 e. The van der Waals surface area contributed by atoms with E-state index in [4.69, 9.17) is 0 Å². The van der Waals surface area contributed by atoms with Gasteiger partial charge in [-0.1, -0.05) is 33.1 Å². The molecule has 0 aromatic carbocycles. The van der Waals surface area contributed by atoms with Crippen molar-refractivity contribution in [2.24, 2.45) is 5.41 Å². The molecule has 0 N–H and O–H groups in total. The van der Waals surface area contributed by atoms with Crippen molar-refractivity contribution in [3.8, 4) is 0 Å². The van der Waals surface area contributed by atoms with Crippen LogP contribution in [0.1, 0.15) is 66.2 Å². The van der Waals surface area contributed by atoms with E-state index in [9.17, 15) is 0 Å². The second-order valence-electron chi connectivity index (χ2n) is 6.58. The fourth-order valence-electron chi connectivity index (χ4n) is 3.49. The molecule has 0 spiro atoms. The second kappa shape index (κ2) is 3.76. The summed E-state index contributed by atoms with van der Waals surface area (Å²) in [7, 11) is 0. The minimum absolute atomic E-state index is 0.504. The number of nitrogens with zero attached hydrogens (tertiary/aromatic N) is 1. The molecule has 1 nitrogen and oxygen atoms in total. The Morgan fingerprint density at radius 1 is 1.00 bits per heavy atom. The summed E-state index contributed by atoms with van der Waals surface area (Å²) >= 11 is 0. The van der Waals surface area contributed by atoms with Crippen molar-refractivity contribution in [1.29, 1.82) is 0 Å². The number of hydrogen-bond acceptors (Lipinski definition) is 1. The van der Waals surface area contributed by atoms with Gasteiger partial charge < -0.3 is 0 Å². The third kappa shape index (κ3) is 1.95. The highest BCUT2D eigenvalue weighted by molar-refractivity contribution is 5.16. The zero-order chi connectivity index (χ0) is 11.1. The lowest BCUT2D eigenvalue weighted by atomic mass is 9.97. The van der Waals surface area contributed by atoms with Crippen molar-refractivity contribution in [3.05, 3.63) is 0 Å². The molecule has 0 radical (unpaired) electrons. The maximum Gasteiger partial charge on any atom is 0.0241 e. The lowest BCUT2D eigenvalue weighted by Gasteiger charge is -2.38. The maximum absolute atomic E-state index is 2.81. The molecule has 1 heterocycles. The molecule has 2 fully saturated rings. The van der Waals surface area contributed by atoms with Gasteiger partial charge in [0.2, 0.25) is 0 Å². The van der Waals surface area contributed by atoms with Gasteiger partial charge in [0.15, 0.2) is 0 Å². The van der Waals surface area contributed by atoms with E-state index in [-0.39, 0.29) is 0 Å². The van der Waals surface area contributed by atoms with Crippen molar-refractivity contribution in [1.82, 2.24) is 4.90 Å². The monoisotopic (exact) mass is 209 g/mol. The van der Waals surface area contributed by atoms with Crippen LogP contribution in [0.3, 0.4) is 0 Å². The summed E-state index contributed by atoms with van der Waals surface area (Å²) in [6, 6.07) is 0.803. The van der Waals surface area contributed by atoms with Crippen LogP contribution in [-0.4, -0.2) is 23.0 Å². The van der Waals surface area contributed by atoms with Crippen LogP contribution in [0, 0.1) is 5.41 Å². The maximum atomic E-state index is 2.81. The average Bonchev–Trinajstić information content (AvgIpc) is 2.60. The molecule has 0 amide bonds. The van der Waals surface area contributed by atoms with Gasteiger partial charge in [0.1, 0.15) is 0 Å². The zero-order valence-corrected chi connectivity index (χ0v) is 11.0. The predicted molar refractivity (Wildman–Crippen MR) is 66.1 cm³/mol. The lowest BCUT2D eigenvalue weighted by molar-refractivity contribution is 0.0938. The van der Waals surface area contributed by atoms with E-state index in [1.54, 1.807) is 0 Å². The molecule has 2 atom stereocenters. The van der Waals surface area contributed by atoms with E-state index >= 15 is 0 Å². The Bertz CT molecular complexity index is 233. The van der Waals surface area contributed by atoms with E-state index in [0.717, 1.165) is 6.04 Å². The number of rotatable bonds is 1. The zero-order valence-electron chi connectivity index (χ0n) is 11.0. The highest BCUT2D eigenvalue weighted by atomic mass is 15.3. The molecule has 0 aromatic rings. The summed E-state index contributed by atoms with van der Waals surface area (Å²) in [4.78, 5) is 2.81. The normalized spacial score (nSPS) is 42.0. The highest BCUT2D eigenvalue weighted by Gasteiger charge is 2.61. The van der Waals surface area contributed by atoms with Crippen LogP contribution in [-0.2, 0) is 0 Å². The molecular weight excluding hydrogens is 182 g/mol. The van der Waals surface area contributed by atoms with Crippen molar-refractivity contribution < 1.29 is 0 Å². The van der Waals surface area contributed by atoms with Crippen LogP contribution in [0.25, 0.3) is 0 Å². The molecule has 15 heavy (non-hydrogen) atoms. The molecule has 1 heteroatoms. The van der Waals surface area contributed by atoms with E-state index in [1.807, 2.05) is 0 Å². The fraction of sp³-hybridized carbons (Fsp3) is 1.00. The molecule has 2 rings (SSSR count). The first-order valence-electron chi connectivity index (χ1n) is 6.74. The molecule has 2 unspecified atom stereocenters. The van der Waals surface area contributed by atoms with E-state index in [2.05, 4.69) is 32.6 Å². The summed E-state index contributed by atoms with van der Waals surface area (Å²) in [5.41, 5.74) is 1.06. The summed E-state index contributed by atoms with van der Waals surface area (Å²) in [6.07, 6.45) is 8.55. The SMILES string of the molecule is CC1CCCCCCN1C1(C)CC1(C)C. The van der Waals surface area contributed by atoms with Crippen molar-refractivity contribution in [2.75, 3.05) is 6.54 Å². The van der Waals surface area contributed by atoms with Crippen LogP contribution in [0.5, 0.6) is 0 Å². The van der Waals surface area contributed by atoms with Gasteiger partial charge in [-0.2, -0.15) is 0 Å². The Morgan fingerprint density at radius 3 is 2.20 bits per heavy atom. The van der Waals surface area contributed by atoms with Gasteiger partial charge in [0, 0.05) is 11.6 Å². The van der Waals surface area contributed by atoms with Crippen LogP contribution >= 0.6 is 0 Å². The van der Waals surface area contributed by atoms with Gasteiger partial charge >= 0.3 is 0 Å². The quantitative estimate of drug-likeness (QED) is 0.634. The Balaban J connectivity index is 2.05. The van der Waals surface area contributed by atoms with Crippen LogP contribution in [0.4, 0.5) is 0 Å². The topological polar surface area (TPSA) is 3.24 Å². The van der Waals surface area contributed by atoms with Crippen molar-refractivity contribution in [3.63, 3.8) is 0 Å². The average molecular weight is 209 g/mol. The van der Waals surface area contributed by atoms with E-state index in [0.29, 0.717) is 11.0 Å². The summed E-state index contributed by atoms with van der Waals surface area (Å²) in [6.45, 7) is 11.1. The molecule has 2 aliphatic rings. The summed E-state index contributed by atoms with van der Waals surface area (Å²) in [5.74, 6) is 0. The van der Waals surface area contributed by atoms with Crippen LogP contribution in [0.2, 0.25) is 0 Å². The smallest absolute Gasteiger partial charge is 0.0241 e. The van der Waals surface area contributed by atoms with Gasteiger partial charge in [-0.25, -0.2) is 0 Å². The first-order valence-corrected chi connectivity index (χ1v) is 6.74. The first kappa shape index (κ1) is 11.4. The molecule has 1 aliphatic heterocycles. The summed E-state index contributed by atoms with van der Waals surface area (Å²) in [5, 5.41) is 0. The van der Waals surface area contributed by atoms with Gasteiger partial charge in [-0.05, 0) is 45.1 Å². The van der Waals surface area contributed by atoms with Gasteiger partial charge in [-0.15, -0.1) is 0 Å². The molecule has 1 aliphatic carbocycles. The standard InChI is InChI=1S/C14H27N/c1-12-9-7-5-6-8-10-15(12)14(4)11-13(14,2)3/h12H,5-11H2,1-4H3. The third-order valence-corrected chi connectivity index (χ3v) is 5.06. The predicted octanol–water partition coefficient (Wildman–Crippen LogP) is 3.83. The Labute approximate surface area is 95.2 Å². The molecular formula is C14H27N. The fourth-order valence-corrected chi connectivity index (χ4v) is 3.49. The molecule has 0 aromatic heterocycles. The van der Waals surface area contributed by atoms with Crippen molar-refractivity contribution in [2.45, 2.75) is 77.8 Å². The van der Waals surface area contributed by atoms with Gasteiger partial charge in [0.25, 0.3) is 0 Å². The van der Waals surface area contributed by atoms with Gasteiger partial charge in [0.05, 0.1) is 0 Å². The van der Waals surface area contributed by atoms with Crippen LogP contribution in [0.15, 0.2) is 0 Å². The lowest BCUT2D eigenvalue weighted by Crippen LogP contribution is -2.45. The summed E-state index contributed by atoms with van der Waals surface area (Å²) < 4.78 is 0. The number of hydrogen-bond donors (Lipinski definition) is 0. The molecule has 88 valence electrons. The Kier molecular flexibility index (Phi) is 2.87. The Hall–Kier alpha value is -0.0400. The second-order valence-corrected chi connectivity index (χ2v) is 6.58. The molecule has 1 saturated heterocycles. The molecule has 1 saturated carbocycles. The number of likely N-dealkylation sites (tertiary alicyclic amines) is 1. The van der Waals surface area contributed by atoms with Crippen LogP contribution < -0.4 is 0 Å². The first-order chi connectivity index (χ1) is 6.97. The van der Waals surface area contributed by atoms with Gasteiger partial charge in [-0.3, -0.25) is 4.90 Å². The minimum atomic E-state index is 0.504. The Morgan fingerprint density at radius 2 is 1.60 bits per heavy atom. The molecule has 0 bridgehead atoms.